The van der Waals surface area contributed by atoms with Crippen molar-refractivity contribution in [2.24, 2.45) is 0 Å². The van der Waals surface area contributed by atoms with Crippen LogP contribution in [0.2, 0.25) is 0 Å². The number of rotatable bonds is 4. The first-order valence-corrected chi connectivity index (χ1v) is 6.52. The first kappa shape index (κ1) is 17.4. The third-order valence-electron chi connectivity index (χ3n) is 3.25. The zero-order valence-corrected chi connectivity index (χ0v) is 12.0. The third kappa shape index (κ3) is 2.82. The Morgan fingerprint density at radius 2 is 1.88 bits per heavy atom. The fraction of sp³-hybridized carbons (Fsp3) is 0.214. The molecule has 0 unspecified atom stereocenters. The molecule has 1 atom stereocenters. The van der Waals surface area contributed by atoms with Gasteiger partial charge in [-0.2, -0.15) is 13.2 Å². The van der Waals surface area contributed by atoms with Crippen molar-refractivity contribution in [3.05, 3.63) is 48.3 Å². The summed E-state index contributed by atoms with van der Waals surface area (Å²) in [5.74, 6) is -3.68. The van der Waals surface area contributed by atoms with Gasteiger partial charge in [-0.15, -0.1) is 6.58 Å². The molecule has 0 saturated carbocycles. The molecule has 6 nitrogen and oxygen atoms in total. The molecule has 128 valence electrons. The van der Waals surface area contributed by atoms with E-state index in [1.54, 1.807) is 0 Å². The van der Waals surface area contributed by atoms with E-state index in [9.17, 15) is 31.9 Å². The number of benzene rings is 1. The molecule has 0 bridgehead atoms. The van der Waals surface area contributed by atoms with E-state index in [-0.39, 0.29) is 10.5 Å². The number of carbonyl (C=O) groups is 3. The molecule has 0 aromatic heterocycles. The molecule has 1 fully saturated rings. The van der Waals surface area contributed by atoms with E-state index < -0.39 is 42.0 Å². The molecule has 1 heterocycles. The fourth-order valence-electron chi connectivity index (χ4n) is 2.06. The summed E-state index contributed by atoms with van der Waals surface area (Å²) in [5, 5.41) is 2.96. The molecule has 1 aromatic carbocycles. The van der Waals surface area contributed by atoms with Crippen molar-refractivity contribution in [3.8, 4) is 0 Å². The average Bonchev–Trinajstić information content (AvgIpc) is 2.73. The Labute approximate surface area is 133 Å². The lowest BCUT2D eigenvalue weighted by atomic mass is 10.1. The highest BCUT2D eigenvalue weighted by molar-refractivity contribution is 6.10. The number of nitrogens with one attached hydrogen (secondary N) is 2. The van der Waals surface area contributed by atoms with Crippen molar-refractivity contribution >= 4 is 17.8 Å². The number of urea groups is 1. The summed E-state index contributed by atoms with van der Waals surface area (Å²) < 4.78 is 53.1. The van der Waals surface area contributed by atoms with Crippen LogP contribution in [0.15, 0.2) is 36.9 Å². The number of amides is 4. The molecule has 1 aromatic rings. The lowest BCUT2D eigenvalue weighted by Gasteiger charge is -2.29. The van der Waals surface area contributed by atoms with Crippen LogP contribution in [0.4, 0.5) is 22.4 Å². The summed E-state index contributed by atoms with van der Waals surface area (Å²) in [5.41, 5.74) is -3.91. The first-order valence-electron chi connectivity index (χ1n) is 6.52. The van der Waals surface area contributed by atoms with Gasteiger partial charge in [-0.05, 0) is 24.3 Å². The van der Waals surface area contributed by atoms with Crippen LogP contribution < -0.4 is 10.6 Å². The van der Waals surface area contributed by atoms with Gasteiger partial charge >= 0.3 is 12.2 Å². The van der Waals surface area contributed by atoms with Gasteiger partial charge in [0.25, 0.3) is 17.5 Å². The average molecular weight is 345 g/mol. The summed E-state index contributed by atoms with van der Waals surface area (Å²) in [6.45, 7) is 2.78. The monoisotopic (exact) mass is 345 g/mol. The Hall–Kier alpha value is -2.91. The minimum Gasteiger partial charge on any atom is -0.314 e. The van der Waals surface area contributed by atoms with Gasteiger partial charge in [-0.1, -0.05) is 6.08 Å². The topological polar surface area (TPSA) is 78.5 Å². The molecule has 0 radical (unpaired) electrons. The van der Waals surface area contributed by atoms with Crippen LogP contribution >= 0.6 is 0 Å². The number of hydrogen-bond donors (Lipinski definition) is 2. The van der Waals surface area contributed by atoms with E-state index >= 15 is 0 Å². The Kier molecular flexibility index (Phi) is 4.32. The number of alkyl halides is 3. The number of imide groups is 1. The smallest absolute Gasteiger partial charge is 0.314 e. The van der Waals surface area contributed by atoms with E-state index in [2.05, 4.69) is 6.58 Å². The lowest BCUT2D eigenvalue weighted by molar-refractivity contribution is -0.200. The van der Waals surface area contributed by atoms with Crippen LogP contribution in [0.5, 0.6) is 0 Å². The second kappa shape index (κ2) is 5.95. The predicted molar refractivity (Wildman–Crippen MR) is 73.1 cm³/mol. The van der Waals surface area contributed by atoms with Gasteiger partial charge in [-0.3, -0.25) is 19.8 Å². The van der Waals surface area contributed by atoms with E-state index in [0.717, 1.165) is 30.3 Å². The molecule has 10 heteroatoms. The van der Waals surface area contributed by atoms with Gasteiger partial charge in [0.05, 0.1) is 0 Å². The van der Waals surface area contributed by atoms with Crippen LogP contribution in [0.1, 0.15) is 10.4 Å². The van der Waals surface area contributed by atoms with Crippen molar-refractivity contribution in [1.82, 2.24) is 15.5 Å². The fourth-order valence-corrected chi connectivity index (χ4v) is 2.06. The molecule has 1 aliphatic heterocycles. The van der Waals surface area contributed by atoms with Crippen molar-refractivity contribution in [1.29, 1.82) is 0 Å². The third-order valence-corrected chi connectivity index (χ3v) is 3.25. The highest BCUT2D eigenvalue weighted by Gasteiger charge is 2.68. The number of halogens is 4. The Morgan fingerprint density at radius 3 is 2.38 bits per heavy atom. The molecule has 0 aliphatic carbocycles. The minimum absolute atomic E-state index is 0.269. The summed E-state index contributed by atoms with van der Waals surface area (Å²) in [4.78, 5) is 36.0. The van der Waals surface area contributed by atoms with Crippen molar-refractivity contribution in [3.63, 3.8) is 0 Å². The van der Waals surface area contributed by atoms with E-state index in [1.807, 2.05) is 0 Å². The van der Waals surface area contributed by atoms with Gasteiger partial charge in [-0.25, -0.2) is 9.18 Å². The zero-order valence-electron chi connectivity index (χ0n) is 12.0. The molecular weight excluding hydrogens is 334 g/mol. The molecule has 24 heavy (non-hydrogen) atoms. The van der Waals surface area contributed by atoms with Crippen molar-refractivity contribution in [2.75, 3.05) is 6.54 Å². The Balaban J connectivity index is 2.38. The van der Waals surface area contributed by atoms with E-state index in [1.165, 1.54) is 10.6 Å². The minimum atomic E-state index is -5.30. The Bertz CT molecular complexity index is 702. The van der Waals surface area contributed by atoms with Crippen LogP contribution in [0.3, 0.4) is 0 Å². The lowest BCUT2D eigenvalue weighted by Crippen LogP contribution is -2.69. The molecule has 1 aliphatic rings. The number of carbonyl (C=O) groups excluding carboxylic acids is 3. The molecular formula is C14H11F4N3O3. The van der Waals surface area contributed by atoms with E-state index in [4.69, 9.17) is 0 Å². The summed E-state index contributed by atoms with van der Waals surface area (Å²) in [7, 11) is 0. The SMILES string of the molecule is C=CCN1C(=O)N[C@](NC(=O)c2ccc(F)cc2)(C(F)(F)F)C1=O. The van der Waals surface area contributed by atoms with Crippen LogP contribution in [0, 0.1) is 5.82 Å². The largest absolute Gasteiger partial charge is 0.440 e. The molecule has 2 N–H and O–H groups in total. The Morgan fingerprint density at radius 1 is 1.29 bits per heavy atom. The highest BCUT2D eigenvalue weighted by Crippen LogP contribution is 2.34. The normalized spacial score (nSPS) is 20.8. The summed E-state index contributed by atoms with van der Waals surface area (Å²) >= 11 is 0. The number of hydrogen-bond acceptors (Lipinski definition) is 3. The second-order valence-corrected chi connectivity index (χ2v) is 4.84. The van der Waals surface area contributed by atoms with E-state index in [0.29, 0.717) is 0 Å². The maximum atomic E-state index is 13.4. The second-order valence-electron chi connectivity index (χ2n) is 4.84. The maximum absolute atomic E-state index is 13.4. The van der Waals surface area contributed by atoms with Gasteiger partial charge in [0.2, 0.25) is 0 Å². The van der Waals surface area contributed by atoms with Gasteiger partial charge in [0.1, 0.15) is 5.82 Å². The van der Waals surface area contributed by atoms with Gasteiger partial charge < -0.3 is 5.32 Å². The summed E-state index contributed by atoms with van der Waals surface area (Å²) in [6, 6.07) is 2.30. The molecule has 1 saturated heterocycles. The van der Waals surface area contributed by atoms with Crippen LogP contribution in [0.25, 0.3) is 0 Å². The molecule has 0 spiro atoms. The van der Waals surface area contributed by atoms with Crippen LogP contribution in [-0.2, 0) is 4.79 Å². The quantitative estimate of drug-likeness (QED) is 0.494. The van der Waals surface area contributed by atoms with Gasteiger partial charge in [0.15, 0.2) is 0 Å². The van der Waals surface area contributed by atoms with Gasteiger partial charge in [0, 0.05) is 12.1 Å². The summed E-state index contributed by atoms with van der Waals surface area (Å²) in [6.07, 6.45) is -4.24. The molecule has 4 amide bonds. The van der Waals surface area contributed by atoms with Crippen molar-refractivity contribution in [2.45, 2.75) is 11.8 Å². The number of nitrogens with zero attached hydrogens (tertiary/aromatic N) is 1. The van der Waals surface area contributed by atoms with Crippen LogP contribution in [-0.4, -0.2) is 41.1 Å². The molecule has 2 rings (SSSR count). The first-order chi connectivity index (χ1) is 11.1. The highest BCUT2D eigenvalue weighted by atomic mass is 19.4. The maximum Gasteiger partial charge on any atom is 0.440 e. The predicted octanol–water partition coefficient (Wildman–Crippen LogP) is 1.55. The van der Waals surface area contributed by atoms with Crippen molar-refractivity contribution < 1.29 is 31.9 Å². The zero-order chi connectivity index (χ0) is 18.1. The standard InChI is InChI=1S/C14H11F4N3O3/c1-2-7-21-11(23)13(14(16,17)18,20-12(21)24)19-10(22)8-3-5-9(15)6-4-8/h2-6H,1,7H2,(H,19,22)(H,20,24)/t13-/m0/s1.